The molecule has 20 heavy (non-hydrogen) atoms. The van der Waals surface area contributed by atoms with Gasteiger partial charge in [-0.1, -0.05) is 34.9 Å². The van der Waals surface area contributed by atoms with E-state index >= 15 is 0 Å². The highest BCUT2D eigenvalue weighted by Gasteiger charge is 2.19. The zero-order chi connectivity index (χ0) is 14.7. The van der Waals surface area contributed by atoms with Gasteiger partial charge >= 0.3 is 0 Å². The van der Waals surface area contributed by atoms with E-state index in [0.29, 0.717) is 10.8 Å². The first kappa shape index (κ1) is 14.5. The summed E-state index contributed by atoms with van der Waals surface area (Å²) in [6, 6.07) is 3.42. The van der Waals surface area contributed by atoms with Crippen LogP contribution in [0.5, 0.6) is 0 Å². The first-order valence-corrected chi connectivity index (χ1v) is 6.88. The van der Waals surface area contributed by atoms with Crippen molar-refractivity contribution in [3.05, 3.63) is 52.7 Å². The van der Waals surface area contributed by atoms with E-state index in [4.69, 9.17) is 17.3 Å². The molecular weight excluding hydrogens is 272 g/mol. The largest absolute Gasteiger partial charge is 0.294 e. The third-order valence-corrected chi connectivity index (χ3v) is 3.62. The van der Waals surface area contributed by atoms with Gasteiger partial charge in [0.2, 0.25) is 0 Å². The molecular formula is C16H18ClN2O+. The number of pyridine rings is 1. The number of nitrogens with zero attached hydrogens (tertiary/aromatic N) is 1. The van der Waals surface area contributed by atoms with Crippen LogP contribution in [-0.2, 0) is 4.79 Å². The number of hydrogen-bond acceptors (Lipinski definition) is 2. The van der Waals surface area contributed by atoms with Crippen LogP contribution in [0, 0.1) is 5.92 Å². The first-order valence-electron chi connectivity index (χ1n) is 6.50. The van der Waals surface area contributed by atoms with Gasteiger partial charge in [-0.15, -0.1) is 0 Å². The molecule has 3 nitrogen and oxygen atoms in total. The number of nitrogen functional groups attached to an aromatic ring is 1. The van der Waals surface area contributed by atoms with Crippen LogP contribution in [0.2, 0.25) is 5.02 Å². The van der Waals surface area contributed by atoms with E-state index in [-0.39, 0.29) is 11.7 Å². The molecule has 1 aliphatic rings. The Morgan fingerprint density at radius 1 is 1.45 bits per heavy atom. The molecule has 0 fully saturated rings. The second-order valence-corrected chi connectivity index (χ2v) is 5.46. The molecule has 4 heteroatoms. The maximum absolute atomic E-state index is 12.2. The van der Waals surface area contributed by atoms with Crippen molar-refractivity contribution < 1.29 is 9.36 Å². The van der Waals surface area contributed by atoms with Crippen molar-refractivity contribution in [3.8, 4) is 0 Å². The number of anilines is 1. The van der Waals surface area contributed by atoms with Crippen LogP contribution in [0.15, 0.2) is 47.7 Å². The summed E-state index contributed by atoms with van der Waals surface area (Å²) in [5.74, 6) is 0.537. The molecule has 0 saturated heterocycles. The lowest BCUT2D eigenvalue weighted by atomic mass is 9.86. The Labute approximate surface area is 124 Å². The number of ketones is 1. The van der Waals surface area contributed by atoms with Crippen molar-refractivity contribution in [3.63, 3.8) is 0 Å². The van der Waals surface area contributed by atoms with E-state index in [1.54, 1.807) is 35.2 Å². The molecule has 0 amide bonds. The minimum absolute atomic E-state index is 0.0732. The summed E-state index contributed by atoms with van der Waals surface area (Å²) in [7, 11) is 0. The van der Waals surface area contributed by atoms with Crippen molar-refractivity contribution in [1.29, 1.82) is 0 Å². The van der Waals surface area contributed by atoms with E-state index in [2.05, 4.69) is 12.2 Å². The van der Waals surface area contributed by atoms with Crippen LogP contribution >= 0.6 is 11.6 Å². The predicted molar refractivity (Wildman–Crippen MR) is 82.0 cm³/mol. The monoisotopic (exact) mass is 289 g/mol. The highest BCUT2D eigenvalue weighted by Crippen LogP contribution is 2.24. The first-order chi connectivity index (χ1) is 9.47. The van der Waals surface area contributed by atoms with Crippen LogP contribution in [0.3, 0.4) is 0 Å². The van der Waals surface area contributed by atoms with E-state index < -0.39 is 0 Å². The van der Waals surface area contributed by atoms with E-state index in [0.717, 1.165) is 12.0 Å². The fourth-order valence-corrected chi connectivity index (χ4v) is 2.42. The zero-order valence-electron chi connectivity index (χ0n) is 11.6. The smallest absolute Gasteiger partial charge is 0.277 e. The Balaban J connectivity index is 2.14. The van der Waals surface area contributed by atoms with Gasteiger partial charge < -0.3 is 0 Å². The van der Waals surface area contributed by atoms with Crippen LogP contribution in [0.4, 0.5) is 5.82 Å². The molecule has 0 aliphatic heterocycles. The SMILES string of the molecule is CC1=CCC(C(=O)C=C[n+]2cc(Cl)ccc2N)C(C)=C1. The van der Waals surface area contributed by atoms with E-state index in [1.807, 2.05) is 13.8 Å². The third kappa shape index (κ3) is 3.36. The van der Waals surface area contributed by atoms with Crippen LogP contribution < -0.4 is 10.3 Å². The molecule has 1 aliphatic carbocycles. The molecule has 0 saturated carbocycles. The molecule has 2 rings (SSSR count). The summed E-state index contributed by atoms with van der Waals surface area (Å²) in [5, 5.41) is 0.573. The second kappa shape index (κ2) is 6.06. The van der Waals surface area contributed by atoms with E-state index in [9.17, 15) is 4.79 Å². The molecule has 0 spiro atoms. The average molecular weight is 290 g/mol. The highest BCUT2D eigenvalue weighted by atomic mass is 35.5. The standard InChI is InChI=1S/C16H17ClN2O/c1-11-3-5-14(12(2)9-11)15(20)7-8-19-10-13(17)4-6-16(19)18/h3-4,6-10,14,18H,5H2,1-2H3/p+1. The number of allylic oxidation sites excluding steroid dienone is 5. The Morgan fingerprint density at radius 3 is 2.90 bits per heavy atom. The number of hydrogen-bond donors (Lipinski definition) is 1. The lowest BCUT2D eigenvalue weighted by Gasteiger charge is -2.17. The van der Waals surface area contributed by atoms with Crippen molar-refractivity contribution in [2.45, 2.75) is 20.3 Å². The molecule has 1 atom stereocenters. The lowest BCUT2D eigenvalue weighted by Crippen LogP contribution is -2.30. The number of nitrogens with two attached hydrogens (primary N) is 1. The van der Waals surface area contributed by atoms with Crippen molar-refractivity contribution in [2.24, 2.45) is 5.92 Å². The van der Waals surface area contributed by atoms with Gasteiger partial charge in [-0.05, 0) is 26.3 Å². The highest BCUT2D eigenvalue weighted by molar-refractivity contribution is 6.30. The summed E-state index contributed by atoms with van der Waals surface area (Å²) in [6.07, 6.45) is 9.79. The normalized spacial score (nSPS) is 18.9. The molecule has 0 bridgehead atoms. The Bertz CT molecular complexity index is 629. The second-order valence-electron chi connectivity index (χ2n) is 5.02. The summed E-state index contributed by atoms with van der Waals surface area (Å²) < 4.78 is 1.64. The van der Waals surface area contributed by atoms with Gasteiger partial charge in [0.05, 0.1) is 11.2 Å². The van der Waals surface area contributed by atoms with Crippen molar-refractivity contribution in [2.75, 3.05) is 5.73 Å². The average Bonchev–Trinajstić information content (AvgIpc) is 2.39. The fourth-order valence-electron chi connectivity index (χ4n) is 2.25. The topological polar surface area (TPSA) is 47.0 Å². The Kier molecular flexibility index (Phi) is 4.40. The number of halogens is 1. The van der Waals surface area contributed by atoms with Gasteiger partial charge in [-0.3, -0.25) is 10.5 Å². The number of carbonyl (C=O) groups excluding carboxylic acids is 1. The summed E-state index contributed by atoms with van der Waals surface area (Å²) >= 11 is 5.91. The van der Waals surface area contributed by atoms with Gasteiger partial charge in [-0.25, -0.2) is 4.57 Å². The fraction of sp³-hybridized carbons (Fsp3) is 0.250. The molecule has 1 aromatic heterocycles. The maximum Gasteiger partial charge on any atom is 0.277 e. The third-order valence-electron chi connectivity index (χ3n) is 3.40. The van der Waals surface area contributed by atoms with Gasteiger partial charge in [0, 0.05) is 18.1 Å². The predicted octanol–water partition coefficient (Wildman–Crippen LogP) is 3.16. The summed E-state index contributed by atoms with van der Waals surface area (Å²) in [6.45, 7) is 4.04. The quantitative estimate of drug-likeness (QED) is 0.686. The van der Waals surface area contributed by atoms with Gasteiger partial charge in [0.1, 0.15) is 6.20 Å². The molecule has 1 aromatic rings. The van der Waals surface area contributed by atoms with Crippen LogP contribution in [-0.4, -0.2) is 5.78 Å². The lowest BCUT2D eigenvalue weighted by molar-refractivity contribution is -0.552. The molecule has 0 aromatic carbocycles. The minimum atomic E-state index is -0.0732. The molecule has 0 radical (unpaired) electrons. The van der Waals surface area contributed by atoms with Crippen LogP contribution in [0.25, 0.3) is 6.20 Å². The Morgan fingerprint density at radius 2 is 2.20 bits per heavy atom. The number of rotatable bonds is 3. The van der Waals surface area contributed by atoms with Crippen LogP contribution in [0.1, 0.15) is 20.3 Å². The van der Waals surface area contributed by atoms with Crippen molar-refractivity contribution >= 4 is 29.4 Å². The van der Waals surface area contributed by atoms with Crippen molar-refractivity contribution in [1.82, 2.24) is 0 Å². The summed E-state index contributed by atoms with van der Waals surface area (Å²) in [4.78, 5) is 12.2. The summed E-state index contributed by atoms with van der Waals surface area (Å²) in [5.41, 5.74) is 8.13. The Hall–Kier alpha value is -1.87. The maximum atomic E-state index is 12.2. The number of aromatic nitrogens is 1. The van der Waals surface area contributed by atoms with Gasteiger partial charge in [0.25, 0.3) is 5.82 Å². The molecule has 104 valence electrons. The van der Waals surface area contributed by atoms with E-state index in [1.165, 1.54) is 5.57 Å². The van der Waals surface area contributed by atoms with Gasteiger partial charge in [-0.2, -0.15) is 0 Å². The zero-order valence-corrected chi connectivity index (χ0v) is 12.4. The molecule has 1 unspecified atom stereocenters. The molecule has 2 N–H and O–H groups in total. The number of carbonyl (C=O) groups is 1. The molecule has 1 heterocycles. The minimum Gasteiger partial charge on any atom is -0.294 e. The van der Waals surface area contributed by atoms with Gasteiger partial charge in [0.15, 0.2) is 5.78 Å².